The van der Waals surface area contributed by atoms with Crippen molar-refractivity contribution in [1.29, 1.82) is 0 Å². The maximum Gasteiger partial charge on any atom is 0.0292 e. The van der Waals surface area contributed by atoms with Gasteiger partial charge < -0.3 is 5.32 Å². The predicted octanol–water partition coefficient (Wildman–Crippen LogP) is 4.54. The van der Waals surface area contributed by atoms with Crippen LogP contribution in [0.3, 0.4) is 0 Å². The van der Waals surface area contributed by atoms with Gasteiger partial charge in [0, 0.05) is 17.1 Å². The highest BCUT2D eigenvalue weighted by molar-refractivity contribution is 9.10. The van der Waals surface area contributed by atoms with E-state index in [4.69, 9.17) is 0 Å². The van der Waals surface area contributed by atoms with Gasteiger partial charge in [0.25, 0.3) is 0 Å². The molecule has 0 spiro atoms. The second-order valence-electron chi connectivity index (χ2n) is 5.18. The number of nitrogens with one attached hydrogen (secondary N) is 1. The van der Waals surface area contributed by atoms with Gasteiger partial charge in [0.1, 0.15) is 0 Å². The van der Waals surface area contributed by atoms with Crippen LogP contribution in [0, 0.1) is 5.41 Å². The molecule has 0 aliphatic carbocycles. The molecule has 0 aromatic heterocycles. The first-order chi connectivity index (χ1) is 7.44. The van der Waals surface area contributed by atoms with Crippen molar-refractivity contribution in [3.8, 4) is 0 Å². The van der Waals surface area contributed by atoms with Crippen LogP contribution in [0.1, 0.15) is 45.7 Å². The molecule has 0 aliphatic rings. The number of benzene rings is 1. The topological polar surface area (TPSA) is 12.0 Å². The van der Waals surface area contributed by atoms with Crippen LogP contribution in [0.2, 0.25) is 0 Å². The van der Waals surface area contributed by atoms with E-state index >= 15 is 0 Å². The van der Waals surface area contributed by atoms with Crippen LogP contribution in [0.5, 0.6) is 0 Å². The number of halogens is 1. The maximum absolute atomic E-state index is 3.60. The van der Waals surface area contributed by atoms with Gasteiger partial charge in [0.05, 0.1) is 0 Å². The summed E-state index contributed by atoms with van der Waals surface area (Å²) in [5, 5.41) is 3.60. The third-order valence-electron chi connectivity index (χ3n) is 3.19. The van der Waals surface area contributed by atoms with Gasteiger partial charge in [-0.3, -0.25) is 0 Å². The first-order valence-electron chi connectivity index (χ1n) is 5.93. The second-order valence-corrected chi connectivity index (χ2v) is 6.09. The molecule has 0 bridgehead atoms. The van der Waals surface area contributed by atoms with Gasteiger partial charge in [0.2, 0.25) is 0 Å². The lowest BCUT2D eigenvalue weighted by Gasteiger charge is -2.26. The van der Waals surface area contributed by atoms with E-state index < -0.39 is 0 Å². The molecular weight excluding hydrogens is 262 g/mol. The molecule has 1 rings (SSSR count). The standard InChI is InChI=1S/C14H22BrN/c1-5-14(3,4)10-16-11(2)12-7-6-8-13(15)9-12/h6-9,11,16H,5,10H2,1-4H3. The monoisotopic (exact) mass is 283 g/mol. The fourth-order valence-corrected chi connectivity index (χ4v) is 1.87. The molecule has 16 heavy (non-hydrogen) atoms. The van der Waals surface area contributed by atoms with Crippen molar-refractivity contribution in [3.05, 3.63) is 34.3 Å². The van der Waals surface area contributed by atoms with Crippen molar-refractivity contribution in [2.45, 2.75) is 40.2 Å². The largest absolute Gasteiger partial charge is 0.310 e. The molecule has 1 aromatic rings. The van der Waals surface area contributed by atoms with E-state index in [0.717, 1.165) is 11.0 Å². The Morgan fingerprint density at radius 2 is 2.06 bits per heavy atom. The normalized spacial score (nSPS) is 13.8. The van der Waals surface area contributed by atoms with Crippen LogP contribution in [-0.4, -0.2) is 6.54 Å². The van der Waals surface area contributed by atoms with Crippen molar-refractivity contribution in [1.82, 2.24) is 5.32 Å². The Morgan fingerprint density at radius 3 is 2.62 bits per heavy atom. The Morgan fingerprint density at radius 1 is 1.38 bits per heavy atom. The molecule has 1 unspecified atom stereocenters. The second kappa shape index (κ2) is 5.83. The highest BCUT2D eigenvalue weighted by Gasteiger charge is 2.16. The van der Waals surface area contributed by atoms with Crippen molar-refractivity contribution < 1.29 is 0 Å². The molecule has 0 saturated heterocycles. The zero-order valence-electron chi connectivity index (χ0n) is 10.7. The zero-order valence-corrected chi connectivity index (χ0v) is 12.3. The van der Waals surface area contributed by atoms with E-state index in [9.17, 15) is 0 Å². The summed E-state index contributed by atoms with van der Waals surface area (Å²) in [6, 6.07) is 8.90. The van der Waals surface area contributed by atoms with Crippen LogP contribution >= 0.6 is 15.9 Å². The van der Waals surface area contributed by atoms with Gasteiger partial charge in [-0.15, -0.1) is 0 Å². The Bertz CT molecular complexity index is 333. The molecular formula is C14H22BrN. The summed E-state index contributed by atoms with van der Waals surface area (Å²) in [6.45, 7) is 10.1. The number of rotatable bonds is 5. The van der Waals surface area contributed by atoms with E-state index in [1.165, 1.54) is 12.0 Å². The van der Waals surface area contributed by atoms with Gasteiger partial charge in [-0.1, -0.05) is 48.8 Å². The lowest BCUT2D eigenvalue weighted by molar-refractivity contribution is 0.314. The minimum atomic E-state index is 0.375. The molecule has 1 nitrogen and oxygen atoms in total. The summed E-state index contributed by atoms with van der Waals surface area (Å²) in [5.74, 6) is 0. The molecule has 1 N–H and O–H groups in total. The van der Waals surface area contributed by atoms with Crippen molar-refractivity contribution in [2.75, 3.05) is 6.54 Å². The summed E-state index contributed by atoms with van der Waals surface area (Å²) in [7, 11) is 0. The van der Waals surface area contributed by atoms with Gasteiger partial charge >= 0.3 is 0 Å². The lowest BCUT2D eigenvalue weighted by Crippen LogP contribution is -2.30. The van der Waals surface area contributed by atoms with Gasteiger partial charge in [-0.05, 0) is 36.5 Å². The molecule has 0 aliphatic heterocycles. The molecule has 2 heteroatoms. The smallest absolute Gasteiger partial charge is 0.0292 e. The van der Waals surface area contributed by atoms with Gasteiger partial charge in [0.15, 0.2) is 0 Å². The van der Waals surface area contributed by atoms with Crippen molar-refractivity contribution in [3.63, 3.8) is 0 Å². The van der Waals surface area contributed by atoms with E-state index in [1.807, 2.05) is 0 Å². The van der Waals surface area contributed by atoms with Crippen LogP contribution in [-0.2, 0) is 0 Å². The van der Waals surface area contributed by atoms with E-state index in [0.29, 0.717) is 11.5 Å². The molecule has 0 saturated carbocycles. The number of hydrogen-bond acceptors (Lipinski definition) is 1. The highest BCUT2D eigenvalue weighted by atomic mass is 79.9. The highest BCUT2D eigenvalue weighted by Crippen LogP contribution is 2.22. The van der Waals surface area contributed by atoms with Crippen molar-refractivity contribution in [2.24, 2.45) is 5.41 Å². The summed E-state index contributed by atoms with van der Waals surface area (Å²) in [5.41, 5.74) is 1.71. The quantitative estimate of drug-likeness (QED) is 0.837. The van der Waals surface area contributed by atoms with Gasteiger partial charge in [-0.25, -0.2) is 0 Å². The van der Waals surface area contributed by atoms with Crippen LogP contribution in [0.4, 0.5) is 0 Å². The fraction of sp³-hybridized carbons (Fsp3) is 0.571. The molecule has 1 atom stereocenters. The van der Waals surface area contributed by atoms with E-state index in [-0.39, 0.29) is 0 Å². The first kappa shape index (κ1) is 13.7. The third-order valence-corrected chi connectivity index (χ3v) is 3.69. The van der Waals surface area contributed by atoms with Gasteiger partial charge in [-0.2, -0.15) is 0 Å². The minimum absolute atomic E-state index is 0.375. The lowest BCUT2D eigenvalue weighted by atomic mass is 9.90. The fourth-order valence-electron chi connectivity index (χ4n) is 1.45. The van der Waals surface area contributed by atoms with Crippen molar-refractivity contribution >= 4 is 15.9 Å². The van der Waals surface area contributed by atoms with Crippen LogP contribution < -0.4 is 5.32 Å². The van der Waals surface area contributed by atoms with E-state index in [2.05, 4.69) is 73.2 Å². The molecule has 0 amide bonds. The summed E-state index contributed by atoms with van der Waals surface area (Å²) in [6.07, 6.45) is 1.20. The van der Waals surface area contributed by atoms with Crippen LogP contribution in [0.15, 0.2) is 28.7 Å². The average Bonchev–Trinajstić information content (AvgIpc) is 2.26. The first-order valence-corrected chi connectivity index (χ1v) is 6.73. The Labute approximate surface area is 108 Å². The third kappa shape index (κ3) is 4.26. The Balaban J connectivity index is 2.56. The molecule has 0 fully saturated rings. The summed E-state index contributed by atoms with van der Waals surface area (Å²) < 4.78 is 1.15. The summed E-state index contributed by atoms with van der Waals surface area (Å²) in [4.78, 5) is 0. The number of hydrogen-bond donors (Lipinski definition) is 1. The Kier molecular flexibility index (Phi) is 5.00. The molecule has 0 radical (unpaired) electrons. The molecule has 1 aromatic carbocycles. The Hall–Kier alpha value is -0.340. The zero-order chi connectivity index (χ0) is 12.2. The predicted molar refractivity (Wildman–Crippen MR) is 74.6 cm³/mol. The average molecular weight is 284 g/mol. The maximum atomic E-state index is 3.60. The SMILES string of the molecule is CCC(C)(C)CNC(C)c1cccc(Br)c1. The van der Waals surface area contributed by atoms with E-state index in [1.54, 1.807) is 0 Å². The van der Waals surface area contributed by atoms with Crippen LogP contribution in [0.25, 0.3) is 0 Å². The minimum Gasteiger partial charge on any atom is -0.310 e. The molecule has 0 heterocycles. The molecule has 90 valence electrons. The summed E-state index contributed by atoms with van der Waals surface area (Å²) >= 11 is 3.51.